The summed E-state index contributed by atoms with van der Waals surface area (Å²) in [7, 11) is 0. The fraction of sp³-hybridized carbons (Fsp3) is 1.00. The molecule has 0 aromatic rings. The lowest BCUT2D eigenvalue weighted by atomic mass is 9.75. The number of nitrogens with two attached hydrogens (primary N) is 1. The van der Waals surface area contributed by atoms with Gasteiger partial charge >= 0.3 is 0 Å². The summed E-state index contributed by atoms with van der Waals surface area (Å²) in [6, 6.07) is 0.849. The van der Waals surface area contributed by atoms with Gasteiger partial charge in [-0.05, 0) is 38.6 Å². The summed E-state index contributed by atoms with van der Waals surface area (Å²) in [6.07, 6.45) is 2.77. The second kappa shape index (κ2) is 3.82. The molecule has 2 nitrogen and oxygen atoms in total. The van der Waals surface area contributed by atoms with E-state index in [-0.39, 0.29) is 11.0 Å². The zero-order valence-corrected chi connectivity index (χ0v) is 10.4. The minimum absolute atomic E-state index is 0.102. The number of rotatable bonds is 5. The van der Waals surface area contributed by atoms with Crippen LogP contribution in [0.1, 0.15) is 47.5 Å². The van der Waals surface area contributed by atoms with Gasteiger partial charge in [0.05, 0.1) is 0 Å². The third kappa shape index (κ3) is 2.71. The fourth-order valence-corrected chi connectivity index (χ4v) is 1.65. The predicted molar refractivity (Wildman–Crippen MR) is 62.3 cm³/mol. The number of nitrogens with zero attached hydrogens (tertiary/aromatic N) is 1. The van der Waals surface area contributed by atoms with Gasteiger partial charge in [-0.15, -0.1) is 0 Å². The molecule has 1 rings (SSSR count). The van der Waals surface area contributed by atoms with Gasteiger partial charge in [0.15, 0.2) is 0 Å². The Morgan fingerprint density at radius 1 is 1.21 bits per heavy atom. The van der Waals surface area contributed by atoms with Crippen molar-refractivity contribution in [3.8, 4) is 0 Å². The highest BCUT2D eigenvalue weighted by atomic mass is 15.2. The normalized spacial score (nSPS) is 19.1. The first kappa shape index (κ1) is 12.0. The number of hydrogen-bond acceptors (Lipinski definition) is 2. The standard InChI is InChI=1S/C12H26N2/c1-6-14(10-7-8-10)9-11(2,3)12(4,5)13/h10H,6-9,13H2,1-5H3. The van der Waals surface area contributed by atoms with Gasteiger partial charge in [-0.2, -0.15) is 0 Å². The van der Waals surface area contributed by atoms with Crippen molar-refractivity contribution in [3.63, 3.8) is 0 Å². The Labute approximate surface area is 88.8 Å². The Morgan fingerprint density at radius 3 is 2.00 bits per heavy atom. The van der Waals surface area contributed by atoms with Gasteiger partial charge in [-0.3, -0.25) is 0 Å². The average Bonchev–Trinajstić information content (AvgIpc) is 2.80. The van der Waals surface area contributed by atoms with Crippen LogP contribution in [0, 0.1) is 5.41 Å². The van der Waals surface area contributed by atoms with Gasteiger partial charge in [0, 0.05) is 18.1 Å². The van der Waals surface area contributed by atoms with E-state index in [0.29, 0.717) is 0 Å². The molecule has 1 saturated carbocycles. The van der Waals surface area contributed by atoms with Gasteiger partial charge in [0.25, 0.3) is 0 Å². The summed E-state index contributed by atoms with van der Waals surface area (Å²) in [4.78, 5) is 2.58. The first-order valence-corrected chi connectivity index (χ1v) is 5.81. The van der Waals surface area contributed by atoms with E-state index >= 15 is 0 Å². The van der Waals surface area contributed by atoms with Crippen molar-refractivity contribution in [1.82, 2.24) is 4.90 Å². The van der Waals surface area contributed by atoms with Crippen molar-refractivity contribution in [2.75, 3.05) is 13.1 Å². The highest BCUT2D eigenvalue weighted by Gasteiger charge is 2.38. The smallest absolute Gasteiger partial charge is 0.0161 e. The first-order valence-electron chi connectivity index (χ1n) is 5.81. The highest BCUT2D eigenvalue weighted by Crippen LogP contribution is 2.34. The quantitative estimate of drug-likeness (QED) is 0.734. The summed E-state index contributed by atoms with van der Waals surface area (Å²) in [6.45, 7) is 13.3. The Morgan fingerprint density at radius 2 is 1.71 bits per heavy atom. The third-order valence-electron chi connectivity index (χ3n) is 3.81. The van der Waals surface area contributed by atoms with Crippen LogP contribution in [0.2, 0.25) is 0 Å². The van der Waals surface area contributed by atoms with Gasteiger partial charge in [0.1, 0.15) is 0 Å². The fourth-order valence-electron chi connectivity index (χ4n) is 1.65. The molecule has 1 fully saturated rings. The maximum Gasteiger partial charge on any atom is 0.0161 e. The van der Waals surface area contributed by atoms with Crippen molar-refractivity contribution >= 4 is 0 Å². The lowest BCUT2D eigenvalue weighted by Gasteiger charge is -2.42. The molecule has 0 heterocycles. The minimum atomic E-state index is -0.102. The molecular formula is C12H26N2. The zero-order chi connectivity index (χ0) is 11.0. The summed E-state index contributed by atoms with van der Waals surface area (Å²) in [5.74, 6) is 0. The molecule has 1 aliphatic rings. The molecule has 0 saturated heterocycles. The van der Waals surface area contributed by atoms with Crippen LogP contribution < -0.4 is 5.73 Å². The molecule has 2 heteroatoms. The van der Waals surface area contributed by atoms with Crippen molar-refractivity contribution in [2.45, 2.75) is 59.0 Å². The van der Waals surface area contributed by atoms with Gasteiger partial charge in [-0.1, -0.05) is 20.8 Å². The van der Waals surface area contributed by atoms with Crippen LogP contribution in [0.3, 0.4) is 0 Å². The molecule has 0 bridgehead atoms. The molecule has 0 aromatic heterocycles. The molecular weight excluding hydrogens is 172 g/mol. The summed E-state index contributed by atoms with van der Waals surface area (Å²) >= 11 is 0. The van der Waals surface area contributed by atoms with Crippen LogP contribution in [0.25, 0.3) is 0 Å². The highest BCUT2D eigenvalue weighted by molar-refractivity contribution is 4.95. The Balaban J connectivity index is 2.55. The van der Waals surface area contributed by atoms with Gasteiger partial charge < -0.3 is 10.6 Å². The largest absolute Gasteiger partial charge is 0.325 e. The van der Waals surface area contributed by atoms with Crippen molar-refractivity contribution < 1.29 is 0 Å². The van der Waals surface area contributed by atoms with E-state index in [2.05, 4.69) is 39.5 Å². The van der Waals surface area contributed by atoms with E-state index in [9.17, 15) is 0 Å². The second-order valence-corrected chi connectivity index (χ2v) is 5.90. The van der Waals surface area contributed by atoms with Crippen LogP contribution in [0.15, 0.2) is 0 Å². The van der Waals surface area contributed by atoms with E-state index in [1.54, 1.807) is 0 Å². The van der Waals surface area contributed by atoms with E-state index in [0.717, 1.165) is 19.1 Å². The van der Waals surface area contributed by atoms with Crippen molar-refractivity contribution in [3.05, 3.63) is 0 Å². The van der Waals surface area contributed by atoms with E-state index < -0.39 is 0 Å². The second-order valence-electron chi connectivity index (χ2n) is 5.90. The molecule has 84 valence electrons. The SMILES string of the molecule is CCN(CC(C)(C)C(C)(C)N)C1CC1. The summed E-state index contributed by atoms with van der Waals surface area (Å²) in [5.41, 5.74) is 6.29. The van der Waals surface area contributed by atoms with Crippen LogP contribution >= 0.6 is 0 Å². The molecule has 0 radical (unpaired) electrons. The van der Waals surface area contributed by atoms with Crippen LogP contribution in [-0.2, 0) is 0 Å². The van der Waals surface area contributed by atoms with Crippen molar-refractivity contribution in [2.24, 2.45) is 11.1 Å². The summed E-state index contributed by atoms with van der Waals surface area (Å²) < 4.78 is 0. The Hall–Kier alpha value is -0.0800. The van der Waals surface area contributed by atoms with Gasteiger partial charge in [0.2, 0.25) is 0 Å². The lowest BCUT2D eigenvalue weighted by Crippen LogP contribution is -2.53. The van der Waals surface area contributed by atoms with Crippen molar-refractivity contribution in [1.29, 1.82) is 0 Å². The predicted octanol–water partition coefficient (Wildman–Crippen LogP) is 2.23. The topological polar surface area (TPSA) is 29.3 Å². The zero-order valence-electron chi connectivity index (χ0n) is 10.4. The molecule has 0 unspecified atom stereocenters. The average molecular weight is 198 g/mol. The Kier molecular flexibility index (Phi) is 3.27. The Bertz CT molecular complexity index is 187. The van der Waals surface area contributed by atoms with E-state index in [1.165, 1.54) is 12.8 Å². The maximum atomic E-state index is 6.21. The lowest BCUT2D eigenvalue weighted by molar-refractivity contribution is 0.112. The molecule has 0 aliphatic heterocycles. The molecule has 0 spiro atoms. The molecule has 14 heavy (non-hydrogen) atoms. The monoisotopic (exact) mass is 198 g/mol. The maximum absolute atomic E-state index is 6.21. The van der Waals surface area contributed by atoms with E-state index in [4.69, 9.17) is 5.73 Å². The molecule has 0 atom stereocenters. The van der Waals surface area contributed by atoms with Gasteiger partial charge in [-0.25, -0.2) is 0 Å². The molecule has 0 amide bonds. The first-order chi connectivity index (χ1) is 6.28. The van der Waals surface area contributed by atoms with E-state index in [1.807, 2.05) is 0 Å². The molecule has 0 aromatic carbocycles. The third-order valence-corrected chi connectivity index (χ3v) is 3.81. The van der Waals surface area contributed by atoms with Crippen LogP contribution in [0.4, 0.5) is 0 Å². The van der Waals surface area contributed by atoms with Crippen LogP contribution in [-0.4, -0.2) is 29.6 Å². The van der Waals surface area contributed by atoms with Crippen LogP contribution in [0.5, 0.6) is 0 Å². The summed E-state index contributed by atoms with van der Waals surface area (Å²) in [5, 5.41) is 0. The number of hydrogen-bond donors (Lipinski definition) is 1. The molecule has 1 aliphatic carbocycles. The molecule has 2 N–H and O–H groups in total. The minimum Gasteiger partial charge on any atom is -0.325 e.